The normalized spacial score (nSPS) is 16.2. The highest BCUT2D eigenvalue weighted by molar-refractivity contribution is 5.94. The number of halogens is 1. The fourth-order valence-electron chi connectivity index (χ4n) is 3.71. The monoisotopic (exact) mass is 426 g/mol. The molecule has 0 radical (unpaired) electrons. The summed E-state index contributed by atoms with van der Waals surface area (Å²) in [7, 11) is 0. The van der Waals surface area contributed by atoms with Gasteiger partial charge in [-0.2, -0.15) is 9.65 Å². The molecule has 3 heterocycles. The zero-order chi connectivity index (χ0) is 21.9. The van der Waals surface area contributed by atoms with Crippen molar-refractivity contribution in [3.05, 3.63) is 48.4 Å². The van der Waals surface area contributed by atoms with E-state index in [1.54, 1.807) is 24.4 Å². The van der Waals surface area contributed by atoms with Gasteiger partial charge in [-0.25, -0.2) is 4.98 Å². The Labute approximate surface area is 181 Å². The summed E-state index contributed by atoms with van der Waals surface area (Å²) < 4.78 is 18.4. The van der Waals surface area contributed by atoms with Crippen LogP contribution in [0.3, 0.4) is 0 Å². The minimum Gasteiger partial charge on any atom is -0.459 e. The van der Waals surface area contributed by atoms with Crippen LogP contribution in [0.1, 0.15) is 49.1 Å². The van der Waals surface area contributed by atoms with Crippen molar-refractivity contribution in [1.82, 2.24) is 15.2 Å². The number of guanidine groups is 1. The van der Waals surface area contributed by atoms with Crippen LogP contribution in [0.15, 0.2) is 46.1 Å². The van der Waals surface area contributed by atoms with E-state index < -0.39 is 5.95 Å². The number of rotatable bonds is 9. The lowest BCUT2D eigenvalue weighted by atomic mass is 10.00. The molecule has 2 aromatic rings. The Bertz CT molecular complexity index is 909. The number of furan rings is 1. The number of amides is 1. The van der Waals surface area contributed by atoms with Crippen LogP contribution in [0.4, 0.5) is 10.1 Å². The van der Waals surface area contributed by atoms with E-state index in [0.717, 1.165) is 51.6 Å². The number of anilines is 1. The first-order chi connectivity index (χ1) is 15.2. The lowest BCUT2D eigenvalue weighted by Crippen LogP contribution is -2.31. The molecule has 1 unspecified atom stereocenters. The maximum atomic E-state index is 13.2. The molecule has 0 bridgehead atoms. The molecule has 31 heavy (non-hydrogen) atoms. The summed E-state index contributed by atoms with van der Waals surface area (Å²) in [6.45, 7) is 2.26. The van der Waals surface area contributed by atoms with E-state index in [0.29, 0.717) is 29.9 Å². The van der Waals surface area contributed by atoms with Gasteiger partial charge in [0.15, 0.2) is 5.76 Å². The van der Waals surface area contributed by atoms with Crippen molar-refractivity contribution in [1.29, 1.82) is 5.26 Å². The van der Waals surface area contributed by atoms with Gasteiger partial charge in [0.05, 0.1) is 6.26 Å². The molecule has 0 spiro atoms. The molecule has 1 amide bonds. The van der Waals surface area contributed by atoms with Crippen molar-refractivity contribution in [3.8, 4) is 6.19 Å². The number of unbranched alkanes of at least 4 members (excludes halogenated alkanes) is 3. The van der Waals surface area contributed by atoms with Gasteiger partial charge in [-0.15, -0.1) is 4.99 Å². The maximum absolute atomic E-state index is 13.2. The third-order valence-corrected chi connectivity index (χ3v) is 5.29. The molecule has 0 aromatic carbocycles. The Morgan fingerprint density at radius 1 is 1.35 bits per heavy atom. The average Bonchev–Trinajstić information content (AvgIpc) is 3.45. The fourth-order valence-corrected chi connectivity index (χ4v) is 3.71. The van der Waals surface area contributed by atoms with Crippen LogP contribution < -0.4 is 10.6 Å². The molecule has 2 N–H and O–H groups in total. The van der Waals surface area contributed by atoms with Crippen LogP contribution in [-0.2, 0) is 0 Å². The number of pyridine rings is 1. The number of likely N-dealkylation sites (tertiary alicyclic amines) is 1. The van der Waals surface area contributed by atoms with Gasteiger partial charge in [0.2, 0.25) is 18.1 Å². The first kappa shape index (κ1) is 22.3. The topological polar surface area (TPSA) is 107 Å². The number of carbonyl (C=O) groups excluding carboxylic acids is 1. The number of hydrogen-bond acceptors (Lipinski definition) is 5. The molecule has 0 aliphatic carbocycles. The van der Waals surface area contributed by atoms with Crippen molar-refractivity contribution in [2.45, 2.75) is 38.5 Å². The lowest BCUT2D eigenvalue weighted by Gasteiger charge is -2.15. The Kier molecular flexibility index (Phi) is 8.40. The first-order valence-electron chi connectivity index (χ1n) is 10.6. The third kappa shape index (κ3) is 7.10. The molecule has 1 aliphatic heterocycles. The smallest absolute Gasteiger partial charge is 0.289 e. The maximum Gasteiger partial charge on any atom is 0.289 e. The number of aromatic nitrogens is 1. The zero-order valence-corrected chi connectivity index (χ0v) is 17.4. The van der Waals surface area contributed by atoms with Crippen molar-refractivity contribution in [3.63, 3.8) is 0 Å². The van der Waals surface area contributed by atoms with Crippen molar-refractivity contribution >= 4 is 17.6 Å². The average molecular weight is 426 g/mol. The number of hydrogen-bond donors (Lipinski definition) is 2. The van der Waals surface area contributed by atoms with Gasteiger partial charge in [0.1, 0.15) is 0 Å². The Hall–Kier alpha value is -3.41. The number of aliphatic imine (C=N–C) groups is 1. The van der Waals surface area contributed by atoms with Crippen molar-refractivity contribution in [2.75, 3.05) is 25.0 Å². The second-order valence-corrected chi connectivity index (χ2v) is 7.57. The second-order valence-electron chi connectivity index (χ2n) is 7.57. The predicted octanol–water partition coefficient (Wildman–Crippen LogP) is 3.77. The van der Waals surface area contributed by atoms with Crippen LogP contribution in [0, 0.1) is 23.3 Å². The molecule has 1 fully saturated rings. The van der Waals surface area contributed by atoms with Crippen LogP contribution in [0.25, 0.3) is 0 Å². The molecule has 164 valence electrons. The van der Waals surface area contributed by atoms with Crippen LogP contribution >= 0.6 is 0 Å². The second kappa shape index (κ2) is 11.7. The number of nitrogens with zero attached hydrogens (tertiary/aromatic N) is 4. The van der Waals surface area contributed by atoms with Gasteiger partial charge in [0.25, 0.3) is 5.91 Å². The molecule has 1 saturated heterocycles. The summed E-state index contributed by atoms with van der Waals surface area (Å²) in [4.78, 5) is 21.4. The van der Waals surface area contributed by atoms with Crippen LogP contribution in [0.2, 0.25) is 0 Å². The van der Waals surface area contributed by atoms with Crippen molar-refractivity contribution < 1.29 is 13.6 Å². The fraction of sp³-hybridized carbons (Fsp3) is 0.455. The summed E-state index contributed by atoms with van der Waals surface area (Å²) in [6, 6.07) is 6.28. The number of nitrogens with one attached hydrogen (secondary N) is 2. The van der Waals surface area contributed by atoms with E-state index in [2.05, 4.69) is 20.6 Å². The predicted molar refractivity (Wildman–Crippen MR) is 115 cm³/mol. The van der Waals surface area contributed by atoms with Gasteiger partial charge < -0.3 is 20.0 Å². The quantitative estimate of drug-likeness (QED) is 0.208. The molecular weight excluding hydrogens is 399 g/mol. The van der Waals surface area contributed by atoms with E-state index >= 15 is 0 Å². The van der Waals surface area contributed by atoms with Gasteiger partial charge in [-0.05, 0) is 43.4 Å². The molecule has 8 nitrogen and oxygen atoms in total. The summed E-state index contributed by atoms with van der Waals surface area (Å²) in [5, 5.41) is 14.8. The highest BCUT2D eigenvalue weighted by Crippen LogP contribution is 2.24. The number of carbonyl (C=O) groups is 1. The minimum absolute atomic E-state index is 0.0171. The van der Waals surface area contributed by atoms with Gasteiger partial charge >= 0.3 is 0 Å². The van der Waals surface area contributed by atoms with E-state index in [9.17, 15) is 9.18 Å². The molecule has 1 aliphatic rings. The molecular formula is C22H27FN6O2. The van der Waals surface area contributed by atoms with Gasteiger partial charge in [-0.3, -0.25) is 4.79 Å². The Morgan fingerprint density at radius 2 is 2.23 bits per heavy atom. The minimum atomic E-state index is -0.600. The van der Waals surface area contributed by atoms with E-state index in [4.69, 9.17) is 9.68 Å². The van der Waals surface area contributed by atoms with Crippen molar-refractivity contribution in [2.24, 2.45) is 10.9 Å². The van der Waals surface area contributed by atoms with Crippen LogP contribution in [-0.4, -0.2) is 41.4 Å². The Morgan fingerprint density at radius 3 is 3.00 bits per heavy atom. The SMILES string of the molecule is N#C/N=C(/NCCCCCCC1CCN(C(=O)c2ccco2)C1)Nc1ccnc(F)c1. The number of nitriles is 1. The third-order valence-electron chi connectivity index (χ3n) is 5.29. The highest BCUT2D eigenvalue weighted by Gasteiger charge is 2.27. The standard InChI is InChI=1S/C22H27FN6O2/c23-20-14-18(8-11-25-20)28-22(27-16-24)26-10-4-2-1-3-6-17-9-12-29(15-17)21(30)19-7-5-13-31-19/h5,7-8,11,13-14,17H,1-4,6,9-10,12,15H2,(H2,25,26,27,28). The van der Waals surface area contributed by atoms with Crippen LogP contribution in [0.5, 0.6) is 0 Å². The molecule has 2 aromatic heterocycles. The van der Waals surface area contributed by atoms with E-state index in [-0.39, 0.29) is 5.91 Å². The molecule has 3 rings (SSSR count). The Balaban J connectivity index is 1.27. The summed E-state index contributed by atoms with van der Waals surface area (Å²) in [5.41, 5.74) is 0.477. The molecule has 9 heteroatoms. The molecule has 0 saturated carbocycles. The van der Waals surface area contributed by atoms with E-state index in [1.165, 1.54) is 18.5 Å². The lowest BCUT2D eigenvalue weighted by molar-refractivity contribution is 0.0755. The summed E-state index contributed by atoms with van der Waals surface area (Å²) >= 11 is 0. The zero-order valence-electron chi connectivity index (χ0n) is 17.4. The summed E-state index contributed by atoms with van der Waals surface area (Å²) in [5.74, 6) is 0.640. The summed E-state index contributed by atoms with van der Waals surface area (Å²) in [6.07, 6.45) is 11.0. The highest BCUT2D eigenvalue weighted by atomic mass is 19.1. The largest absolute Gasteiger partial charge is 0.459 e. The van der Waals surface area contributed by atoms with Gasteiger partial charge in [0, 0.05) is 37.6 Å². The van der Waals surface area contributed by atoms with E-state index in [1.807, 2.05) is 4.90 Å². The molecule has 1 atom stereocenters. The first-order valence-corrected chi connectivity index (χ1v) is 10.6. The van der Waals surface area contributed by atoms with Gasteiger partial charge in [-0.1, -0.05) is 19.3 Å².